The first kappa shape index (κ1) is 8.83. The number of nitro groups is 1. The van der Waals surface area contributed by atoms with Crippen LogP contribution in [0.15, 0.2) is 35.2 Å². The average molecular weight is 206 g/mol. The second-order valence-corrected chi connectivity index (χ2v) is 3.39. The van der Waals surface area contributed by atoms with Crippen LogP contribution in [-0.2, 0) is 0 Å². The van der Waals surface area contributed by atoms with Crippen LogP contribution in [0.2, 0.25) is 0 Å². The lowest BCUT2D eigenvalue weighted by molar-refractivity contribution is -0.383. The average Bonchev–Trinajstić information content (AvgIpc) is 2.67. The van der Waals surface area contributed by atoms with Crippen molar-refractivity contribution in [3.05, 3.63) is 45.3 Å². The molecule has 0 bridgehead atoms. The smallest absolute Gasteiger partial charge is 0.258 e. The summed E-state index contributed by atoms with van der Waals surface area (Å²) in [7, 11) is 0. The lowest BCUT2D eigenvalue weighted by Crippen LogP contribution is -1.88. The van der Waals surface area contributed by atoms with E-state index in [9.17, 15) is 10.1 Å². The van der Waals surface area contributed by atoms with Crippen molar-refractivity contribution in [1.29, 1.82) is 0 Å². The van der Waals surface area contributed by atoms with Crippen molar-refractivity contribution in [2.45, 2.75) is 0 Å². The van der Waals surface area contributed by atoms with Gasteiger partial charge in [-0.3, -0.25) is 15.1 Å². The molecule has 0 aliphatic carbocycles. The first-order chi connectivity index (χ1) is 6.79. The van der Waals surface area contributed by atoms with Crippen molar-refractivity contribution >= 4 is 17.0 Å². The van der Waals surface area contributed by atoms with E-state index < -0.39 is 0 Å². The van der Waals surface area contributed by atoms with Gasteiger partial charge in [-0.2, -0.15) is 0 Å². The molecule has 0 amide bonds. The van der Waals surface area contributed by atoms with Gasteiger partial charge in [0.2, 0.25) is 0 Å². The molecule has 0 saturated carbocycles. The summed E-state index contributed by atoms with van der Waals surface area (Å²) in [5.74, 6) is 0. The number of rotatable bonds is 2. The minimum atomic E-state index is -0.388. The highest BCUT2D eigenvalue weighted by Gasteiger charge is 2.16. The molecule has 4 nitrogen and oxygen atoms in total. The monoisotopic (exact) mass is 206 g/mol. The molecule has 0 aromatic carbocycles. The summed E-state index contributed by atoms with van der Waals surface area (Å²) in [6, 6.07) is 5.35. The van der Waals surface area contributed by atoms with E-state index in [4.69, 9.17) is 0 Å². The standard InChI is InChI=1S/C9H6N2O2S/c12-11(13)9-6-14-5-7(9)8-3-1-2-4-10-8/h1-6H. The number of aromatic nitrogens is 1. The second-order valence-electron chi connectivity index (χ2n) is 2.64. The first-order valence-corrected chi connectivity index (χ1v) is 4.85. The van der Waals surface area contributed by atoms with Gasteiger partial charge in [-0.25, -0.2) is 0 Å². The Morgan fingerprint density at radius 3 is 2.86 bits per heavy atom. The van der Waals surface area contributed by atoms with Crippen LogP contribution < -0.4 is 0 Å². The van der Waals surface area contributed by atoms with E-state index in [2.05, 4.69) is 4.98 Å². The van der Waals surface area contributed by atoms with Crippen molar-refractivity contribution in [3.8, 4) is 11.3 Å². The van der Waals surface area contributed by atoms with Crippen LogP contribution in [0.3, 0.4) is 0 Å². The molecule has 0 radical (unpaired) electrons. The molecule has 2 rings (SSSR count). The fourth-order valence-corrected chi connectivity index (χ4v) is 1.93. The van der Waals surface area contributed by atoms with E-state index in [1.807, 2.05) is 6.07 Å². The highest BCUT2D eigenvalue weighted by molar-refractivity contribution is 7.08. The zero-order valence-corrected chi connectivity index (χ0v) is 7.90. The zero-order chi connectivity index (χ0) is 9.97. The van der Waals surface area contributed by atoms with E-state index >= 15 is 0 Å². The summed E-state index contributed by atoms with van der Waals surface area (Å²) in [5.41, 5.74) is 1.34. The SMILES string of the molecule is O=[N+]([O-])c1cscc1-c1ccccn1. The Bertz CT molecular complexity index is 453. The second kappa shape index (κ2) is 3.55. The Morgan fingerprint density at radius 2 is 2.21 bits per heavy atom. The zero-order valence-electron chi connectivity index (χ0n) is 7.08. The quantitative estimate of drug-likeness (QED) is 0.560. The van der Waals surface area contributed by atoms with Crippen LogP contribution in [0, 0.1) is 10.1 Å². The molecule has 0 N–H and O–H groups in total. The largest absolute Gasteiger partial charge is 0.289 e. The van der Waals surface area contributed by atoms with Crippen molar-refractivity contribution in [2.75, 3.05) is 0 Å². The molecule has 70 valence electrons. The summed E-state index contributed by atoms with van der Waals surface area (Å²) in [6.45, 7) is 0. The van der Waals surface area contributed by atoms with Gasteiger partial charge in [-0.05, 0) is 12.1 Å². The number of hydrogen-bond donors (Lipinski definition) is 0. The molecule has 0 atom stereocenters. The van der Waals surface area contributed by atoms with Crippen LogP contribution in [-0.4, -0.2) is 9.91 Å². The summed E-state index contributed by atoms with van der Waals surface area (Å²) >= 11 is 1.31. The first-order valence-electron chi connectivity index (χ1n) is 3.91. The molecule has 0 unspecified atom stereocenters. The molecular weight excluding hydrogens is 200 g/mol. The van der Waals surface area contributed by atoms with Gasteiger partial charge < -0.3 is 0 Å². The molecule has 0 fully saturated rings. The van der Waals surface area contributed by atoms with Gasteiger partial charge in [-0.15, -0.1) is 11.3 Å². The van der Waals surface area contributed by atoms with Gasteiger partial charge in [0, 0.05) is 11.6 Å². The minimum absolute atomic E-state index is 0.119. The third kappa shape index (κ3) is 1.49. The summed E-state index contributed by atoms with van der Waals surface area (Å²) in [6.07, 6.45) is 1.62. The highest BCUT2D eigenvalue weighted by Crippen LogP contribution is 2.31. The minimum Gasteiger partial charge on any atom is -0.258 e. The van der Waals surface area contributed by atoms with E-state index in [-0.39, 0.29) is 10.6 Å². The lowest BCUT2D eigenvalue weighted by atomic mass is 10.2. The van der Waals surface area contributed by atoms with Crippen LogP contribution >= 0.6 is 11.3 Å². The number of pyridine rings is 1. The Balaban J connectivity index is 2.52. The van der Waals surface area contributed by atoms with Crippen molar-refractivity contribution < 1.29 is 4.92 Å². The Hall–Kier alpha value is -1.75. The number of thiophene rings is 1. The molecule has 5 heteroatoms. The van der Waals surface area contributed by atoms with Gasteiger partial charge in [-0.1, -0.05) is 6.07 Å². The molecule has 0 aliphatic rings. The maximum absolute atomic E-state index is 10.6. The third-order valence-electron chi connectivity index (χ3n) is 1.78. The van der Waals surface area contributed by atoms with E-state index in [0.717, 1.165) is 0 Å². The maximum atomic E-state index is 10.6. The predicted octanol–water partition coefficient (Wildman–Crippen LogP) is 2.72. The van der Waals surface area contributed by atoms with E-state index in [1.165, 1.54) is 16.7 Å². The van der Waals surface area contributed by atoms with Crippen molar-refractivity contribution in [1.82, 2.24) is 4.98 Å². The van der Waals surface area contributed by atoms with Gasteiger partial charge in [0.1, 0.15) is 0 Å². The molecule has 0 spiro atoms. The van der Waals surface area contributed by atoms with E-state index in [0.29, 0.717) is 11.3 Å². The van der Waals surface area contributed by atoms with E-state index in [1.54, 1.807) is 23.7 Å². The lowest BCUT2D eigenvalue weighted by Gasteiger charge is -1.95. The normalized spacial score (nSPS) is 10.0. The fraction of sp³-hybridized carbons (Fsp3) is 0. The van der Waals surface area contributed by atoms with Crippen LogP contribution in [0.1, 0.15) is 0 Å². The van der Waals surface area contributed by atoms with Gasteiger partial charge in [0.25, 0.3) is 5.69 Å². The fourth-order valence-electron chi connectivity index (χ4n) is 1.15. The Kier molecular flexibility index (Phi) is 2.24. The molecule has 2 aromatic rings. The molecule has 0 aliphatic heterocycles. The Labute approximate surface area is 84.0 Å². The van der Waals surface area contributed by atoms with Crippen molar-refractivity contribution in [2.24, 2.45) is 0 Å². The molecule has 0 saturated heterocycles. The Morgan fingerprint density at radius 1 is 1.36 bits per heavy atom. The van der Waals surface area contributed by atoms with Crippen molar-refractivity contribution in [3.63, 3.8) is 0 Å². The van der Waals surface area contributed by atoms with Gasteiger partial charge in [0.05, 0.1) is 21.6 Å². The molecular formula is C9H6N2O2S. The number of hydrogen-bond acceptors (Lipinski definition) is 4. The summed E-state index contributed by atoms with van der Waals surface area (Å²) in [4.78, 5) is 14.3. The van der Waals surface area contributed by atoms with Crippen LogP contribution in [0.25, 0.3) is 11.3 Å². The summed E-state index contributed by atoms with van der Waals surface area (Å²) in [5, 5.41) is 13.9. The molecule has 2 heterocycles. The van der Waals surface area contributed by atoms with Gasteiger partial charge in [0.15, 0.2) is 0 Å². The van der Waals surface area contributed by atoms with Crippen LogP contribution in [0.5, 0.6) is 0 Å². The third-order valence-corrected chi connectivity index (χ3v) is 2.51. The number of nitrogens with zero attached hydrogens (tertiary/aromatic N) is 2. The van der Waals surface area contributed by atoms with Crippen LogP contribution in [0.4, 0.5) is 5.69 Å². The molecule has 2 aromatic heterocycles. The summed E-state index contributed by atoms with van der Waals surface area (Å²) < 4.78 is 0. The molecule has 14 heavy (non-hydrogen) atoms. The topological polar surface area (TPSA) is 56.0 Å². The maximum Gasteiger partial charge on any atom is 0.289 e. The highest BCUT2D eigenvalue weighted by atomic mass is 32.1. The predicted molar refractivity (Wildman–Crippen MR) is 54.2 cm³/mol. The van der Waals surface area contributed by atoms with Gasteiger partial charge >= 0.3 is 0 Å².